The summed E-state index contributed by atoms with van der Waals surface area (Å²) >= 11 is 1.76. The van der Waals surface area contributed by atoms with E-state index in [4.69, 9.17) is 5.73 Å². The van der Waals surface area contributed by atoms with Crippen LogP contribution < -0.4 is 5.73 Å². The third-order valence-corrected chi connectivity index (χ3v) is 5.76. The molecule has 1 aromatic heterocycles. The number of carbonyl (C=O) groups is 1. The average Bonchev–Trinajstić information content (AvgIpc) is 2.95. The zero-order chi connectivity index (χ0) is 14.2. The van der Waals surface area contributed by atoms with Gasteiger partial charge < -0.3 is 10.6 Å². The maximum atomic E-state index is 12.7. The zero-order valence-corrected chi connectivity index (χ0v) is 13.1. The van der Waals surface area contributed by atoms with E-state index in [-0.39, 0.29) is 23.4 Å². The number of hydrogen-bond donors (Lipinski definition) is 1. The number of rotatable bonds is 3. The molecule has 2 rings (SSSR count). The molecule has 1 fully saturated rings. The number of nitrogens with two attached hydrogens (primary N) is 1. The van der Waals surface area contributed by atoms with Gasteiger partial charge in [0.25, 0.3) is 0 Å². The van der Waals surface area contributed by atoms with Gasteiger partial charge >= 0.3 is 0 Å². The quantitative estimate of drug-likeness (QED) is 0.925. The molecule has 3 atom stereocenters. The lowest BCUT2D eigenvalue weighted by Crippen LogP contribution is -2.48. The fraction of sp³-hybridized carbons (Fsp3) is 0.667. The molecule has 3 nitrogen and oxygen atoms in total. The van der Waals surface area contributed by atoms with Crippen LogP contribution in [0.25, 0.3) is 0 Å². The van der Waals surface area contributed by atoms with Gasteiger partial charge in [0.1, 0.15) is 0 Å². The van der Waals surface area contributed by atoms with Crippen LogP contribution in [0.2, 0.25) is 0 Å². The molecule has 0 aromatic carbocycles. The summed E-state index contributed by atoms with van der Waals surface area (Å²) in [5.41, 5.74) is 5.77. The third kappa shape index (κ3) is 2.56. The van der Waals surface area contributed by atoms with Crippen LogP contribution in [-0.2, 0) is 4.79 Å². The van der Waals surface area contributed by atoms with Crippen molar-refractivity contribution in [3.63, 3.8) is 0 Å². The Hall–Kier alpha value is -0.870. The van der Waals surface area contributed by atoms with Crippen molar-refractivity contribution in [2.45, 2.75) is 52.1 Å². The normalized spacial score (nSPS) is 28.4. The van der Waals surface area contributed by atoms with Crippen LogP contribution >= 0.6 is 11.3 Å². The fourth-order valence-corrected chi connectivity index (χ4v) is 3.88. The first-order chi connectivity index (χ1) is 8.86. The predicted molar refractivity (Wildman–Crippen MR) is 80.2 cm³/mol. The number of nitrogens with zero attached hydrogens (tertiary/aromatic N) is 1. The first kappa shape index (κ1) is 14.5. The minimum Gasteiger partial charge on any atom is -0.338 e. The van der Waals surface area contributed by atoms with E-state index in [1.807, 2.05) is 18.9 Å². The second-order valence-electron chi connectivity index (χ2n) is 5.96. The zero-order valence-electron chi connectivity index (χ0n) is 12.3. The summed E-state index contributed by atoms with van der Waals surface area (Å²) in [6, 6.07) is 4.35. The molecule has 1 aliphatic rings. The highest BCUT2D eigenvalue weighted by atomic mass is 32.1. The SMILES string of the molecule is Cc1ccc(C(C)N(C)C(=O)C2(C)CCCC2N)s1. The standard InChI is InChI=1S/C15H24N2OS/c1-10-7-8-12(19-10)11(2)17(4)14(18)15(3)9-5-6-13(15)16/h7-8,11,13H,5-6,9,16H2,1-4H3. The Morgan fingerprint density at radius 1 is 1.58 bits per heavy atom. The van der Waals surface area contributed by atoms with Crippen LogP contribution in [0, 0.1) is 12.3 Å². The van der Waals surface area contributed by atoms with Gasteiger partial charge in [-0.15, -0.1) is 11.3 Å². The second kappa shape index (κ2) is 5.25. The number of thiophene rings is 1. The van der Waals surface area contributed by atoms with Crippen molar-refractivity contribution < 1.29 is 4.79 Å². The highest BCUT2D eigenvalue weighted by Crippen LogP contribution is 2.40. The molecule has 1 amide bonds. The Kier molecular flexibility index (Phi) is 4.02. The maximum Gasteiger partial charge on any atom is 0.230 e. The molecule has 4 heteroatoms. The van der Waals surface area contributed by atoms with Crippen molar-refractivity contribution in [1.82, 2.24) is 4.90 Å². The van der Waals surface area contributed by atoms with E-state index in [2.05, 4.69) is 26.0 Å². The molecule has 1 aromatic rings. The second-order valence-corrected chi connectivity index (χ2v) is 7.28. The number of aryl methyl sites for hydroxylation is 1. The minimum absolute atomic E-state index is 0.000258. The van der Waals surface area contributed by atoms with Crippen LogP contribution in [-0.4, -0.2) is 23.9 Å². The molecule has 0 bridgehead atoms. The minimum atomic E-state index is -0.380. The lowest BCUT2D eigenvalue weighted by molar-refractivity contribution is -0.142. The van der Waals surface area contributed by atoms with Crippen molar-refractivity contribution in [2.75, 3.05) is 7.05 Å². The van der Waals surface area contributed by atoms with Crippen LogP contribution in [0.15, 0.2) is 12.1 Å². The largest absolute Gasteiger partial charge is 0.338 e. The summed E-state index contributed by atoms with van der Waals surface area (Å²) < 4.78 is 0. The van der Waals surface area contributed by atoms with Crippen molar-refractivity contribution in [2.24, 2.45) is 11.1 Å². The van der Waals surface area contributed by atoms with Gasteiger partial charge in [0.2, 0.25) is 5.91 Å². The average molecular weight is 280 g/mol. The summed E-state index contributed by atoms with van der Waals surface area (Å²) in [5.74, 6) is 0.191. The molecule has 1 saturated carbocycles. The molecule has 0 saturated heterocycles. The number of amides is 1. The smallest absolute Gasteiger partial charge is 0.230 e. The molecular weight excluding hydrogens is 256 g/mol. The molecule has 0 aliphatic heterocycles. The van der Waals surface area contributed by atoms with Gasteiger partial charge in [0.05, 0.1) is 11.5 Å². The van der Waals surface area contributed by atoms with Crippen LogP contribution in [0.3, 0.4) is 0 Å². The Morgan fingerprint density at radius 2 is 2.26 bits per heavy atom. The predicted octanol–water partition coefficient (Wildman–Crippen LogP) is 3.09. The molecule has 1 aliphatic carbocycles. The molecule has 2 N–H and O–H groups in total. The molecule has 0 spiro atoms. The Balaban J connectivity index is 2.15. The Morgan fingerprint density at radius 3 is 2.74 bits per heavy atom. The van der Waals surface area contributed by atoms with Gasteiger partial charge in [-0.2, -0.15) is 0 Å². The van der Waals surface area contributed by atoms with E-state index in [0.717, 1.165) is 19.3 Å². The van der Waals surface area contributed by atoms with E-state index in [9.17, 15) is 4.79 Å². The summed E-state index contributed by atoms with van der Waals surface area (Å²) in [6.45, 7) is 6.21. The van der Waals surface area contributed by atoms with Gasteiger partial charge in [0, 0.05) is 22.8 Å². The van der Waals surface area contributed by atoms with E-state index in [1.54, 1.807) is 11.3 Å². The summed E-state index contributed by atoms with van der Waals surface area (Å²) in [6.07, 6.45) is 2.93. The van der Waals surface area contributed by atoms with Crippen molar-refractivity contribution in [3.8, 4) is 0 Å². The van der Waals surface area contributed by atoms with Gasteiger partial charge in [-0.1, -0.05) is 6.42 Å². The van der Waals surface area contributed by atoms with Gasteiger partial charge in [0.15, 0.2) is 0 Å². The Labute approximate surface area is 119 Å². The first-order valence-electron chi connectivity index (χ1n) is 6.95. The van der Waals surface area contributed by atoms with E-state index >= 15 is 0 Å². The first-order valence-corrected chi connectivity index (χ1v) is 7.77. The summed E-state index contributed by atoms with van der Waals surface area (Å²) in [7, 11) is 1.90. The topological polar surface area (TPSA) is 46.3 Å². The van der Waals surface area contributed by atoms with Crippen molar-refractivity contribution in [1.29, 1.82) is 0 Å². The van der Waals surface area contributed by atoms with Gasteiger partial charge in [-0.25, -0.2) is 0 Å². The van der Waals surface area contributed by atoms with Gasteiger partial charge in [-0.3, -0.25) is 4.79 Å². The maximum absolute atomic E-state index is 12.7. The fourth-order valence-electron chi connectivity index (χ4n) is 2.91. The number of carbonyl (C=O) groups excluding carboxylic acids is 1. The van der Waals surface area contributed by atoms with Crippen molar-refractivity contribution in [3.05, 3.63) is 21.9 Å². The molecule has 106 valence electrons. The summed E-state index contributed by atoms with van der Waals surface area (Å²) in [4.78, 5) is 17.1. The molecule has 1 heterocycles. The molecule has 3 unspecified atom stereocenters. The van der Waals surface area contributed by atoms with E-state index in [1.165, 1.54) is 9.75 Å². The molecule has 0 radical (unpaired) electrons. The van der Waals surface area contributed by atoms with E-state index in [0.29, 0.717) is 0 Å². The monoisotopic (exact) mass is 280 g/mol. The lowest BCUT2D eigenvalue weighted by Gasteiger charge is -2.35. The van der Waals surface area contributed by atoms with Gasteiger partial charge in [-0.05, 0) is 45.7 Å². The molecular formula is C15H24N2OS. The van der Waals surface area contributed by atoms with Crippen LogP contribution in [0.1, 0.15) is 48.9 Å². The number of hydrogen-bond acceptors (Lipinski definition) is 3. The van der Waals surface area contributed by atoms with Crippen molar-refractivity contribution >= 4 is 17.2 Å². The lowest BCUT2D eigenvalue weighted by atomic mass is 9.83. The highest BCUT2D eigenvalue weighted by Gasteiger charge is 2.45. The molecule has 19 heavy (non-hydrogen) atoms. The van der Waals surface area contributed by atoms with Crippen LogP contribution in [0.5, 0.6) is 0 Å². The highest BCUT2D eigenvalue weighted by molar-refractivity contribution is 7.12. The van der Waals surface area contributed by atoms with E-state index < -0.39 is 0 Å². The van der Waals surface area contributed by atoms with Crippen LogP contribution in [0.4, 0.5) is 0 Å². The Bertz CT molecular complexity index is 470. The third-order valence-electron chi connectivity index (χ3n) is 4.59. The summed E-state index contributed by atoms with van der Waals surface area (Å²) in [5, 5.41) is 0.